The lowest BCUT2D eigenvalue weighted by atomic mass is 9.62. The third-order valence-electron chi connectivity index (χ3n) is 3.64. The summed E-state index contributed by atoms with van der Waals surface area (Å²) in [6, 6.07) is 0. The molecule has 2 aliphatic rings. The molecule has 70 valence electrons. The minimum absolute atomic E-state index is 0.0726. The Morgan fingerprint density at radius 3 is 2.58 bits per heavy atom. The Balaban J connectivity index is 2.00. The lowest BCUT2D eigenvalue weighted by molar-refractivity contribution is -0.187. The van der Waals surface area contributed by atoms with E-state index in [2.05, 4.69) is 0 Å². The van der Waals surface area contributed by atoms with Crippen molar-refractivity contribution in [2.75, 3.05) is 6.61 Å². The van der Waals surface area contributed by atoms with E-state index in [4.69, 9.17) is 4.74 Å². The first-order valence-electron chi connectivity index (χ1n) is 5.09. The normalized spacial score (nSPS) is 38.5. The van der Waals surface area contributed by atoms with Crippen molar-refractivity contribution in [3.8, 4) is 0 Å². The predicted octanol–water partition coefficient (Wildman–Crippen LogP) is 1.72. The number of aliphatic hydroxyl groups excluding tert-OH is 1. The summed E-state index contributed by atoms with van der Waals surface area (Å²) < 4.78 is 5.63. The molecule has 2 nitrogen and oxygen atoms in total. The quantitative estimate of drug-likeness (QED) is 0.683. The summed E-state index contributed by atoms with van der Waals surface area (Å²) >= 11 is 0. The number of ether oxygens (including phenoxy) is 1. The average Bonchev–Trinajstić information content (AvgIpc) is 2.55. The highest BCUT2D eigenvalue weighted by Gasteiger charge is 2.55. The second-order valence-corrected chi connectivity index (χ2v) is 4.14. The molecule has 0 radical (unpaired) electrons. The van der Waals surface area contributed by atoms with Gasteiger partial charge in [-0.15, -0.1) is 0 Å². The Morgan fingerprint density at radius 1 is 1.42 bits per heavy atom. The molecule has 1 spiro atoms. The molecule has 0 bridgehead atoms. The van der Waals surface area contributed by atoms with E-state index in [0.29, 0.717) is 6.10 Å². The Hall–Kier alpha value is -0.0800. The van der Waals surface area contributed by atoms with E-state index in [9.17, 15) is 5.11 Å². The summed E-state index contributed by atoms with van der Waals surface area (Å²) in [6.45, 7) is 2.83. The lowest BCUT2D eigenvalue weighted by Crippen LogP contribution is -2.56. The number of hydrogen-bond donors (Lipinski definition) is 1. The number of rotatable bonds is 2. The summed E-state index contributed by atoms with van der Waals surface area (Å²) in [5, 5.41) is 9.72. The number of aliphatic hydroxyl groups is 1. The van der Waals surface area contributed by atoms with Crippen LogP contribution in [-0.4, -0.2) is 23.9 Å². The molecule has 2 heteroatoms. The topological polar surface area (TPSA) is 29.5 Å². The fraction of sp³-hybridized carbons (Fsp3) is 1.00. The Kier molecular flexibility index (Phi) is 2.13. The minimum atomic E-state index is -0.0726. The third kappa shape index (κ3) is 1.01. The van der Waals surface area contributed by atoms with E-state index in [1.165, 1.54) is 25.7 Å². The zero-order valence-electron chi connectivity index (χ0n) is 7.75. The van der Waals surface area contributed by atoms with Crippen molar-refractivity contribution in [2.24, 2.45) is 5.41 Å². The largest absolute Gasteiger partial charge is 0.392 e. The van der Waals surface area contributed by atoms with Crippen LogP contribution >= 0.6 is 0 Å². The molecule has 2 fully saturated rings. The first-order chi connectivity index (χ1) is 5.79. The van der Waals surface area contributed by atoms with Crippen LogP contribution in [0.3, 0.4) is 0 Å². The second-order valence-electron chi connectivity index (χ2n) is 4.14. The molecule has 2 aliphatic carbocycles. The smallest absolute Gasteiger partial charge is 0.0680 e. The Bertz CT molecular complexity index is 159. The van der Waals surface area contributed by atoms with Crippen LogP contribution in [0.5, 0.6) is 0 Å². The highest BCUT2D eigenvalue weighted by Crippen LogP contribution is 2.54. The molecule has 0 amide bonds. The van der Waals surface area contributed by atoms with Gasteiger partial charge in [0, 0.05) is 18.4 Å². The molecule has 2 atom stereocenters. The van der Waals surface area contributed by atoms with Crippen molar-refractivity contribution in [3.63, 3.8) is 0 Å². The molecule has 1 N–H and O–H groups in total. The van der Waals surface area contributed by atoms with Gasteiger partial charge in [0.05, 0.1) is 12.2 Å². The maximum atomic E-state index is 9.72. The van der Waals surface area contributed by atoms with Gasteiger partial charge >= 0.3 is 0 Å². The molecule has 0 saturated heterocycles. The van der Waals surface area contributed by atoms with Gasteiger partial charge in [0.2, 0.25) is 0 Å². The monoisotopic (exact) mass is 170 g/mol. The first-order valence-corrected chi connectivity index (χ1v) is 5.09. The maximum Gasteiger partial charge on any atom is 0.0680 e. The molecule has 0 aromatic heterocycles. The SMILES string of the molecule is CCO[C@@H]1C[C@@H](O)C12CCCC2. The van der Waals surface area contributed by atoms with E-state index < -0.39 is 0 Å². The molecule has 2 saturated carbocycles. The van der Waals surface area contributed by atoms with E-state index in [-0.39, 0.29) is 11.5 Å². The molecule has 12 heavy (non-hydrogen) atoms. The molecule has 0 unspecified atom stereocenters. The molecule has 0 heterocycles. The summed E-state index contributed by atoms with van der Waals surface area (Å²) in [4.78, 5) is 0. The highest BCUT2D eigenvalue weighted by molar-refractivity contribution is 5.06. The van der Waals surface area contributed by atoms with E-state index in [1.807, 2.05) is 6.92 Å². The van der Waals surface area contributed by atoms with Crippen LogP contribution in [0, 0.1) is 5.41 Å². The summed E-state index contributed by atoms with van der Waals surface area (Å²) in [5.41, 5.74) is 0.177. The molecular formula is C10H18O2. The van der Waals surface area contributed by atoms with Crippen molar-refractivity contribution < 1.29 is 9.84 Å². The van der Waals surface area contributed by atoms with Crippen LogP contribution in [0.4, 0.5) is 0 Å². The number of hydrogen-bond acceptors (Lipinski definition) is 2. The third-order valence-corrected chi connectivity index (χ3v) is 3.64. The van der Waals surface area contributed by atoms with Gasteiger partial charge in [-0.2, -0.15) is 0 Å². The van der Waals surface area contributed by atoms with E-state index in [0.717, 1.165) is 13.0 Å². The summed E-state index contributed by atoms with van der Waals surface area (Å²) in [5.74, 6) is 0. The van der Waals surface area contributed by atoms with Crippen molar-refractivity contribution >= 4 is 0 Å². The summed E-state index contributed by atoms with van der Waals surface area (Å²) in [6.07, 6.45) is 6.07. The van der Waals surface area contributed by atoms with Crippen molar-refractivity contribution in [1.82, 2.24) is 0 Å². The van der Waals surface area contributed by atoms with Gasteiger partial charge in [0.1, 0.15) is 0 Å². The van der Waals surface area contributed by atoms with Gasteiger partial charge in [0.15, 0.2) is 0 Å². The fourth-order valence-corrected chi connectivity index (χ4v) is 2.85. The van der Waals surface area contributed by atoms with Crippen LogP contribution in [-0.2, 0) is 4.74 Å². The molecule has 0 aliphatic heterocycles. The zero-order chi connectivity index (χ0) is 8.60. The van der Waals surface area contributed by atoms with Gasteiger partial charge in [-0.1, -0.05) is 12.8 Å². The average molecular weight is 170 g/mol. The van der Waals surface area contributed by atoms with Gasteiger partial charge in [-0.05, 0) is 19.8 Å². The predicted molar refractivity (Wildman–Crippen MR) is 46.9 cm³/mol. The highest BCUT2D eigenvalue weighted by atomic mass is 16.5. The first kappa shape index (κ1) is 8.52. The van der Waals surface area contributed by atoms with Crippen molar-refractivity contribution in [3.05, 3.63) is 0 Å². The van der Waals surface area contributed by atoms with Crippen LogP contribution in [0.1, 0.15) is 39.0 Å². The maximum absolute atomic E-state index is 9.72. The van der Waals surface area contributed by atoms with Crippen molar-refractivity contribution in [2.45, 2.75) is 51.2 Å². The van der Waals surface area contributed by atoms with Crippen LogP contribution < -0.4 is 0 Å². The Labute approximate surface area is 73.9 Å². The molecule has 2 rings (SSSR count). The van der Waals surface area contributed by atoms with Crippen LogP contribution in [0.2, 0.25) is 0 Å². The minimum Gasteiger partial charge on any atom is -0.392 e. The summed E-state index contributed by atoms with van der Waals surface area (Å²) in [7, 11) is 0. The van der Waals surface area contributed by atoms with E-state index >= 15 is 0 Å². The van der Waals surface area contributed by atoms with Gasteiger partial charge in [0.25, 0.3) is 0 Å². The van der Waals surface area contributed by atoms with Crippen LogP contribution in [0.15, 0.2) is 0 Å². The van der Waals surface area contributed by atoms with Gasteiger partial charge in [-0.25, -0.2) is 0 Å². The lowest BCUT2D eigenvalue weighted by Gasteiger charge is -2.51. The second kappa shape index (κ2) is 3.00. The molecular weight excluding hydrogens is 152 g/mol. The van der Waals surface area contributed by atoms with Gasteiger partial charge < -0.3 is 9.84 Å². The standard InChI is InChI=1S/C10H18O2/c1-2-12-9-7-8(11)10(9)5-3-4-6-10/h8-9,11H,2-7H2,1H3/t8-,9-/m1/s1. The van der Waals surface area contributed by atoms with Crippen molar-refractivity contribution in [1.29, 1.82) is 0 Å². The molecule has 0 aromatic rings. The Morgan fingerprint density at radius 2 is 2.08 bits per heavy atom. The van der Waals surface area contributed by atoms with E-state index in [1.54, 1.807) is 0 Å². The fourth-order valence-electron chi connectivity index (χ4n) is 2.85. The molecule has 0 aromatic carbocycles. The van der Waals surface area contributed by atoms with Gasteiger partial charge in [-0.3, -0.25) is 0 Å². The van der Waals surface area contributed by atoms with Crippen LogP contribution in [0.25, 0.3) is 0 Å². The zero-order valence-corrected chi connectivity index (χ0v) is 7.75.